The maximum absolute atomic E-state index is 13.3. The zero-order valence-electron chi connectivity index (χ0n) is 15.4. The van der Waals surface area contributed by atoms with Crippen molar-refractivity contribution in [3.8, 4) is 5.75 Å². The highest BCUT2D eigenvalue weighted by molar-refractivity contribution is 7.10. The van der Waals surface area contributed by atoms with Crippen molar-refractivity contribution in [2.24, 2.45) is 0 Å². The van der Waals surface area contributed by atoms with E-state index in [1.54, 1.807) is 30.2 Å². The van der Waals surface area contributed by atoms with Crippen molar-refractivity contribution in [1.82, 2.24) is 9.80 Å². The second kappa shape index (κ2) is 6.83. The van der Waals surface area contributed by atoms with E-state index in [4.69, 9.17) is 9.15 Å². The lowest BCUT2D eigenvalue weighted by atomic mass is 10.0. The highest BCUT2D eigenvalue weighted by atomic mass is 32.1. The SMILES string of the molecule is COc1ccc2c(=O)c3c(oc2c1)C(=O)N(CCN(C)C)C3c1cccs1. The number of carbonyl (C=O) groups is 1. The highest BCUT2D eigenvalue weighted by Crippen LogP contribution is 2.39. The first-order chi connectivity index (χ1) is 13.0. The molecule has 0 aliphatic carbocycles. The van der Waals surface area contributed by atoms with Crippen molar-refractivity contribution in [1.29, 1.82) is 0 Å². The molecular weight excluding hydrogens is 364 g/mol. The number of benzene rings is 1. The number of rotatable bonds is 5. The van der Waals surface area contributed by atoms with E-state index in [1.807, 2.05) is 36.5 Å². The fraction of sp³-hybridized carbons (Fsp3) is 0.300. The molecule has 2 aromatic heterocycles. The van der Waals surface area contributed by atoms with Gasteiger partial charge in [0.1, 0.15) is 11.3 Å². The van der Waals surface area contributed by atoms with Gasteiger partial charge in [-0.25, -0.2) is 0 Å². The summed E-state index contributed by atoms with van der Waals surface area (Å²) in [5, 5.41) is 2.41. The molecule has 0 fully saturated rings. The van der Waals surface area contributed by atoms with E-state index in [0.717, 1.165) is 4.88 Å². The van der Waals surface area contributed by atoms with Crippen LogP contribution in [0.4, 0.5) is 0 Å². The molecule has 0 bridgehead atoms. The zero-order chi connectivity index (χ0) is 19.1. The van der Waals surface area contributed by atoms with Crippen LogP contribution in [-0.2, 0) is 0 Å². The lowest BCUT2D eigenvalue weighted by Gasteiger charge is -2.25. The third-order valence-corrected chi connectivity index (χ3v) is 5.70. The van der Waals surface area contributed by atoms with E-state index < -0.39 is 6.04 Å². The molecule has 140 valence electrons. The summed E-state index contributed by atoms with van der Waals surface area (Å²) in [6.07, 6.45) is 0. The molecular formula is C20H20N2O4S. The van der Waals surface area contributed by atoms with Crippen LogP contribution < -0.4 is 10.2 Å². The van der Waals surface area contributed by atoms with Gasteiger partial charge < -0.3 is 19.0 Å². The van der Waals surface area contributed by atoms with Gasteiger partial charge in [0.15, 0.2) is 5.43 Å². The van der Waals surface area contributed by atoms with E-state index >= 15 is 0 Å². The van der Waals surface area contributed by atoms with Gasteiger partial charge in [-0.2, -0.15) is 0 Å². The molecule has 1 amide bonds. The molecule has 4 rings (SSSR count). The van der Waals surface area contributed by atoms with Crippen LogP contribution in [0.3, 0.4) is 0 Å². The Morgan fingerprint density at radius 3 is 2.74 bits per heavy atom. The van der Waals surface area contributed by atoms with Gasteiger partial charge in [0.05, 0.1) is 24.1 Å². The van der Waals surface area contributed by atoms with E-state index in [-0.39, 0.29) is 17.1 Å². The van der Waals surface area contributed by atoms with E-state index in [1.165, 1.54) is 11.3 Å². The molecule has 1 aliphatic rings. The number of amides is 1. The molecule has 0 spiro atoms. The van der Waals surface area contributed by atoms with Crippen LogP contribution >= 0.6 is 11.3 Å². The minimum atomic E-state index is -0.407. The van der Waals surface area contributed by atoms with Crippen molar-refractivity contribution in [2.75, 3.05) is 34.3 Å². The van der Waals surface area contributed by atoms with Gasteiger partial charge in [-0.05, 0) is 37.7 Å². The Morgan fingerprint density at radius 1 is 1.26 bits per heavy atom. The number of ether oxygens (including phenoxy) is 1. The number of nitrogens with zero attached hydrogens (tertiary/aromatic N) is 2. The smallest absolute Gasteiger partial charge is 0.290 e. The topological polar surface area (TPSA) is 63.0 Å². The third kappa shape index (κ3) is 2.93. The first kappa shape index (κ1) is 17.8. The van der Waals surface area contributed by atoms with Crippen LogP contribution in [0.15, 0.2) is 44.9 Å². The van der Waals surface area contributed by atoms with Gasteiger partial charge in [0, 0.05) is 24.0 Å². The number of hydrogen-bond acceptors (Lipinski definition) is 6. The average molecular weight is 384 g/mol. The summed E-state index contributed by atoms with van der Waals surface area (Å²) in [7, 11) is 5.46. The normalized spacial score (nSPS) is 16.4. The molecule has 1 atom stereocenters. The molecule has 1 aromatic carbocycles. The molecule has 7 heteroatoms. The Labute approximate surface area is 160 Å². The van der Waals surface area contributed by atoms with Gasteiger partial charge in [0.2, 0.25) is 5.76 Å². The molecule has 0 saturated carbocycles. The molecule has 6 nitrogen and oxygen atoms in total. The fourth-order valence-electron chi connectivity index (χ4n) is 3.41. The van der Waals surface area contributed by atoms with Crippen molar-refractivity contribution >= 4 is 28.2 Å². The summed E-state index contributed by atoms with van der Waals surface area (Å²) in [5.74, 6) is 0.472. The predicted molar refractivity (Wildman–Crippen MR) is 105 cm³/mol. The number of fused-ring (bicyclic) bond motifs is 2. The Morgan fingerprint density at radius 2 is 2.07 bits per heavy atom. The third-order valence-electron chi connectivity index (χ3n) is 4.78. The molecule has 3 heterocycles. The first-order valence-electron chi connectivity index (χ1n) is 8.65. The van der Waals surface area contributed by atoms with Crippen molar-refractivity contribution in [3.63, 3.8) is 0 Å². The van der Waals surface area contributed by atoms with Crippen LogP contribution in [0.2, 0.25) is 0 Å². The Kier molecular flexibility index (Phi) is 4.49. The second-order valence-electron chi connectivity index (χ2n) is 6.76. The lowest BCUT2D eigenvalue weighted by Crippen LogP contribution is -2.35. The number of hydrogen-bond donors (Lipinski definition) is 0. The van der Waals surface area contributed by atoms with Crippen LogP contribution in [0.25, 0.3) is 11.0 Å². The van der Waals surface area contributed by atoms with Crippen molar-refractivity contribution in [2.45, 2.75) is 6.04 Å². The molecule has 1 unspecified atom stereocenters. The summed E-state index contributed by atoms with van der Waals surface area (Å²) in [6.45, 7) is 1.21. The zero-order valence-corrected chi connectivity index (χ0v) is 16.2. The van der Waals surface area contributed by atoms with Gasteiger partial charge >= 0.3 is 0 Å². The van der Waals surface area contributed by atoms with Crippen molar-refractivity contribution < 1.29 is 13.9 Å². The average Bonchev–Trinajstić information content (AvgIpc) is 3.27. The maximum Gasteiger partial charge on any atom is 0.290 e. The Balaban J connectivity index is 1.92. The lowest BCUT2D eigenvalue weighted by molar-refractivity contribution is 0.0718. The van der Waals surface area contributed by atoms with Crippen LogP contribution in [-0.4, -0.2) is 50.0 Å². The van der Waals surface area contributed by atoms with Crippen LogP contribution in [0.1, 0.15) is 27.0 Å². The van der Waals surface area contributed by atoms with E-state index in [2.05, 4.69) is 0 Å². The second-order valence-corrected chi connectivity index (χ2v) is 7.74. The van der Waals surface area contributed by atoms with Crippen LogP contribution in [0.5, 0.6) is 5.75 Å². The Hall–Kier alpha value is -2.64. The quantitative estimate of drug-likeness (QED) is 0.677. The molecule has 0 saturated heterocycles. The molecule has 27 heavy (non-hydrogen) atoms. The predicted octanol–water partition coefficient (Wildman–Crippen LogP) is 2.97. The Bertz CT molecular complexity index is 1060. The molecule has 1 aliphatic heterocycles. The van der Waals surface area contributed by atoms with Crippen molar-refractivity contribution in [3.05, 3.63) is 62.1 Å². The summed E-state index contributed by atoms with van der Waals surface area (Å²) in [4.78, 5) is 31.1. The van der Waals surface area contributed by atoms with Crippen LogP contribution in [0, 0.1) is 0 Å². The van der Waals surface area contributed by atoms with E-state index in [0.29, 0.717) is 35.4 Å². The monoisotopic (exact) mass is 384 g/mol. The number of methoxy groups -OCH3 is 1. The van der Waals surface area contributed by atoms with Gasteiger partial charge in [-0.1, -0.05) is 6.07 Å². The summed E-state index contributed by atoms with van der Waals surface area (Å²) in [5.41, 5.74) is 0.637. The minimum Gasteiger partial charge on any atom is -0.497 e. The number of thiophene rings is 1. The first-order valence-corrected chi connectivity index (χ1v) is 9.53. The minimum absolute atomic E-state index is 0.137. The van der Waals surface area contributed by atoms with Gasteiger partial charge in [0.25, 0.3) is 5.91 Å². The fourth-order valence-corrected chi connectivity index (χ4v) is 4.25. The standard InChI is InChI=1S/C20H20N2O4S/c1-21(2)8-9-22-17(15-5-4-10-27-15)16-18(23)13-7-6-12(25-3)11-14(13)26-19(16)20(22)24/h4-7,10-11,17H,8-9H2,1-3H3. The number of likely N-dealkylation sites (N-methyl/N-ethyl adjacent to an activating group) is 1. The molecule has 0 radical (unpaired) electrons. The number of carbonyl (C=O) groups excluding carboxylic acids is 1. The summed E-state index contributed by atoms with van der Waals surface area (Å²) >= 11 is 1.54. The highest BCUT2D eigenvalue weighted by Gasteiger charge is 2.42. The summed E-state index contributed by atoms with van der Waals surface area (Å²) in [6, 6.07) is 8.55. The largest absolute Gasteiger partial charge is 0.497 e. The van der Waals surface area contributed by atoms with Gasteiger partial charge in [-0.15, -0.1) is 11.3 Å². The molecule has 0 N–H and O–H groups in total. The van der Waals surface area contributed by atoms with E-state index in [9.17, 15) is 9.59 Å². The maximum atomic E-state index is 13.3. The van der Waals surface area contributed by atoms with Gasteiger partial charge in [-0.3, -0.25) is 9.59 Å². The molecule has 3 aromatic rings. The summed E-state index contributed by atoms with van der Waals surface area (Å²) < 4.78 is 11.1.